The second-order valence-electron chi connectivity index (χ2n) is 7.11. The normalized spacial score (nSPS) is 16.7. The Morgan fingerprint density at radius 1 is 1.37 bits per heavy atom. The van der Waals surface area contributed by atoms with Crippen molar-refractivity contribution in [2.75, 3.05) is 32.8 Å². The molecule has 1 saturated heterocycles. The zero-order chi connectivity index (χ0) is 19.6. The van der Waals surface area contributed by atoms with Gasteiger partial charge in [0.25, 0.3) is 0 Å². The van der Waals surface area contributed by atoms with Crippen molar-refractivity contribution in [3.8, 4) is 0 Å². The van der Waals surface area contributed by atoms with E-state index in [-0.39, 0.29) is 5.82 Å². The van der Waals surface area contributed by atoms with Crippen LogP contribution in [0.1, 0.15) is 39.2 Å². The molecule has 152 valence electrons. The molecule has 1 heterocycles. The van der Waals surface area contributed by atoms with Gasteiger partial charge in [0.05, 0.1) is 19.3 Å². The van der Waals surface area contributed by atoms with Gasteiger partial charge in [0.15, 0.2) is 5.96 Å². The number of likely N-dealkylation sites (tertiary alicyclic amines) is 1. The molecule has 27 heavy (non-hydrogen) atoms. The Morgan fingerprint density at radius 3 is 2.74 bits per heavy atom. The molecule has 1 fully saturated rings. The average Bonchev–Trinajstić information content (AvgIpc) is 2.62. The molecule has 0 unspecified atom stereocenters. The van der Waals surface area contributed by atoms with Gasteiger partial charge in [-0.3, -0.25) is 0 Å². The Hall–Kier alpha value is -1.18. The van der Waals surface area contributed by atoms with Crippen molar-refractivity contribution >= 4 is 21.9 Å². The predicted molar refractivity (Wildman–Crippen MR) is 113 cm³/mol. The molecule has 1 aliphatic rings. The summed E-state index contributed by atoms with van der Waals surface area (Å²) in [4.78, 5) is 7.01. The van der Waals surface area contributed by atoms with Crippen molar-refractivity contribution < 1.29 is 9.13 Å². The number of rotatable bonds is 8. The van der Waals surface area contributed by atoms with Crippen LogP contribution in [0, 0.1) is 5.82 Å². The highest BCUT2D eigenvalue weighted by Gasteiger charge is 2.19. The van der Waals surface area contributed by atoms with Gasteiger partial charge in [-0.25, -0.2) is 9.38 Å². The van der Waals surface area contributed by atoms with Crippen LogP contribution in [-0.2, 0) is 11.3 Å². The van der Waals surface area contributed by atoms with Gasteiger partial charge >= 0.3 is 0 Å². The van der Waals surface area contributed by atoms with E-state index in [4.69, 9.17) is 4.74 Å². The lowest BCUT2D eigenvalue weighted by Crippen LogP contribution is -2.49. The zero-order valence-corrected chi connectivity index (χ0v) is 18.2. The van der Waals surface area contributed by atoms with E-state index in [1.165, 1.54) is 6.07 Å². The summed E-state index contributed by atoms with van der Waals surface area (Å²) in [6, 6.07) is 5.47. The highest BCUT2D eigenvalue weighted by molar-refractivity contribution is 9.10. The lowest BCUT2D eigenvalue weighted by Gasteiger charge is -2.33. The number of ether oxygens (including phenoxy) is 1. The van der Waals surface area contributed by atoms with Crippen LogP contribution < -0.4 is 10.6 Å². The maximum absolute atomic E-state index is 14.0. The van der Waals surface area contributed by atoms with Gasteiger partial charge in [-0.05, 0) is 45.7 Å². The zero-order valence-electron chi connectivity index (χ0n) is 16.6. The number of nitrogens with zero attached hydrogens (tertiary/aromatic N) is 2. The van der Waals surface area contributed by atoms with E-state index >= 15 is 0 Å². The maximum Gasteiger partial charge on any atom is 0.191 e. The molecule has 1 aromatic rings. The topological polar surface area (TPSA) is 48.9 Å². The summed E-state index contributed by atoms with van der Waals surface area (Å²) < 4.78 is 20.4. The fourth-order valence-corrected chi connectivity index (χ4v) is 3.38. The third-order valence-electron chi connectivity index (χ3n) is 4.55. The first-order valence-electron chi connectivity index (χ1n) is 9.80. The molecular formula is C20H32BrFN4O. The molecule has 0 aliphatic carbocycles. The summed E-state index contributed by atoms with van der Waals surface area (Å²) >= 11 is 3.28. The number of piperidine rings is 1. The molecule has 0 radical (unpaired) electrons. The van der Waals surface area contributed by atoms with Crippen LogP contribution in [0.5, 0.6) is 0 Å². The van der Waals surface area contributed by atoms with Gasteiger partial charge in [-0.15, -0.1) is 0 Å². The Morgan fingerprint density at radius 2 is 2.11 bits per heavy atom. The van der Waals surface area contributed by atoms with Crippen LogP contribution in [0.3, 0.4) is 0 Å². The highest BCUT2D eigenvalue weighted by Crippen LogP contribution is 2.16. The number of hydrogen-bond donors (Lipinski definition) is 2. The van der Waals surface area contributed by atoms with Crippen molar-refractivity contribution in [1.82, 2.24) is 15.5 Å². The average molecular weight is 443 g/mol. The SMILES string of the molecule is CCNC(=NCc1ccc(Br)cc1F)NC1CCN(CCOC(C)C)CC1. The van der Waals surface area contributed by atoms with E-state index in [0.29, 0.717) is 24.3 Å². The Balaban J connectivity index is 1.82. The summed E-state index contributed by atoms with van der Waals surface area (Å²) in [5.41, 5.74) is 0.593. The van der Waals surface area contributed by atoms with Crippen molar-refractivity contribution in [1.29, 1.82) is 0 Å². The standard InChI is InChI=1S/C20H32BrFN4O/c1-4-23-20(24-14-16-5-6-17(21)13-19(16)22)25-18-7-9-26(10-8-18)11-12-27-15(2)3/h5-6,13,15,18H,4,7-12,14H2,1-3H3,(H2,23,24,25). The van der Waals surface area contributed by atoms with E-state index in [1.54, 1.807) is 6.07 Å². The highest BCUT2D eigenvalue weighted by atomic mass is 79.9. The molecule has 0 aromatic heterocycles. The van der Waals surface area contributed by atoms with E-state index in [9.17, 15) is 4.39 Å². The molecule has 2 rings (SSSR count). The Labute approximate surface area is 170 Å². The Kier molecular flexibility index (Phi) is 9.51. The van der Waals surface area contributed by atoms with E-state index in [0.717, 1.165) is 56.1 Å². The molecule has 1 aliphatic heterocycles. The molecule has 0 bridgehead atoms. The molecule has 7 heteroatoms. The molecule has 0 atom stereocenters. The lowest BCUT2D eigenvalue weighted by atomic mass is 10.1. The first-order chi connectivity index (χ1) is 13.0. The summed E-state index contributed by atoms with van der Waals surface area (Å²) in [6.07, 6.45) is 2.43. The first kappa shape index (κ1) is 22.1. The second kappa shape index (κ2) is 11.6. The van der Waals surface area contributed by atoms with Crippen LogP contribution in [-0.4, -0.2) is 55.8 Å². The second-order valence-corrected chi connectivity index (χ2v) is 8.03. The van der Waals surface area contributed by atoms with Crippen LogP contribution >= 0.6 is 15.9 Å². The molecule has 0 amide bonds. The summed E-state index contributed by atoms with van der Waals surface area (Å²) in [5.74, 6) is 0.516. The van der Waals surface area contributed by atoms with Crippen LogP contribution in [0.15, 0.2) is 27.7 Å². The van der Waals surface area contributed by atoms with Crippen LogP contribution in [0.25, 0.3) is 0 Å². The maximum atomic E-state index is 14.0. The fourth-order valence-electron chi connectivity index (χ4n) is 3.05. The summed E-state index contributed by atoms with van der Waals surface area (Å²) in [6.45, 7) is 11.2. The Bertz CT molecular complexity index is 604. The number of hydrogen-bond acceptors (Lipinski definition) is 3. The minimum atomic E-state index is -0.235. The van der Waals surface area contributed by atoms with Gasteiger partial charge < -0.3 is 20.3 Å². The smallest absolute Gasteiger partial charge is 0.191 e. The summed E-state index contributed by atoms with van der Waals surface area (Å²) in [5, 5.41) is 6.76. The number of halogens is 2. The molecule has 5 nitrogen and oxygen atoms in total. The molecule has 2 N–H and O–H groups in total. The van der Waals surface area contributed by atoms with Gasteiger partial charge in [0, 0.05) is 42.3 Å². The minimum Gasteiger partial charge on any atom is -0.377 e. The van der Waals surface area contributed by atoms with Gasteiger partial charge in [0.2, 0.25) is 0 Å². The minimum absolute atomic E-state index is 0.235. The third-order valence-corrected chi connectivity index (χ3v) is 5.05. The van der Waals surface area contributed by atoms with Crippen molar-refractivity contribution in [3.05, 3.63) is 34.1 Å². The largest absolute Gasteiger partial charge is 0.377 e. The predicted octanol–water partition coefficient (Wildman–Crippen LogP) is 3.53. The van der Waals surface area contributed by atoms with Crippen molar-refractivity contribution in [2.45, 2.75) is 52.3 Å². The lowest BCUT2D eigenvalue weighted by molar-refractivity contribution is 0.0532. The van der Waals surface area contributed by atoms with Gasteiger partial charge in [-0.1, -0.05) is 22.0 Å². The van der Waals surface area contributed by atoms with E-state index < -0.39 is 0 Å². The van der Waals surface area contributed by atoms with Crippen molar-refractivity contribution in [2.24, 2.45) is 4.99 Å². The third kappa shape index (κ3) is 8.15. The van der Waals surface area contributed by atoms with E-state index in [1.807, 2.05) is 13.0 Å². The number of benzene rings is 1. The summed E-state index contributed by atoms with van der Waals surface area (Å²) in [7, 11) is 0. The number of guanidine groups is 1. The first-order valence-corrected chi connectivity index (χ1v) is 10.6. The molecular weight excluding hydrogens is 411 g/mol. The molecule has 1 aromatic carbocycles. The van der Waals surface area contributed by atoms with Crippen LogP contribution in [0.2, 0.25) is 0 Å². The van der Waals surface area contributed by atoms with Gasteiger partial charge in [0.1, 0.15) is 5.82 Å². The van der Waals surface area contributed by atoms with Gasteiger partial charge in [-0.2, -0.15) is 0 Å². The number of nitrogens with one attached hydrogen (secondary N) is 2. The monoisotopic (exact) mass is 442 g/mol. The molecule has 0 saturated carbocycles. The van der Waals surface area contributed by atoms with Crippen LogP contribution in [0.4, 0.5) is 4.39 Å². The fraction of sp³-hybridized carbons (Fsp3) is 0.650. The molecule has 0 spiro atoms. The van der Waals surface area contributed by atoms with E-state index in [2.05, 4.69) is 50.3 Å². The number of aliphatic imine (C=N–C) groups is 1. The van der Waals surface area contributed by atoms with Crippen molar-refractivity contribution in [3.63, 3.8) is 0 Å². The quantitative estimate of drug-likeness (QED) is 0.477.